The van der Waals surface area contributed by atoms with Crippen molar-refractivity contribution < 1.29 is 0 Å². The molecule has 6 heteroatoms. The van der Waals surface area contributed by atoms with Crippen LogP contribution in [-0.4, -0.2) is 31.1 Å². The highest BCUT2D eigenvalue weighted by Gasteiger charge is 2.09. The van der Waals surface area contributed by atoms with Crippen LogP contribution in [0.4, 0.5) is 0 Å². The van der Waals surface area contributed by atoms with E-state index in [1.165, 1.54) is 31.5 Å². The van der Waals surface area contributed by atoms with Gasteiger partial charge in [-0.3, -0.25) is 0 Å². The third-order valence-electron chi connectivity index (χ3n) is 3.12. The molecular formula is C13H20Cl4N2. The number of hydrogen-bond acceptors (Lipinski definition) is 2. The predicted molar refractivity (Wildman–Crippen MR) is 88.3 cm³/mol. The van der Waals surface area contributed by atoms with Crippen molar-refractivity contribution in [2.24, 2.45) is 0 Å². The molecule has 19 heavy (non-hydrogen) atoms. The van der Waals surface area contributed by atoms with Crippen molar-refractivity contribution >= 4 is 48.0 Å². The molecule has 1 aromatic rings. The van der Waals surface area contributed by atoms with Crippen LogP contribution in [0.5, 0.6) is 0 Å². The van der Waals surface area contributed by atoms with E-state index >= 15 is 0 Å². The van der Waals surface area contributed by atoms with Crippen LogP contribution >= 0.6 is 48.0 Å². The van der Waals surface area contributed by atoms with Gasteiger partial charge < -0.3 is 10.2 Å². The first-order chi connectivity index (χ1) is 8.25. The second-order valence-electron chi connectivity index (χ2n) is 4.47. The predicted octanol–water partition coefficient (Wildman–Crippen LogP) is 4.02. The molecule has 2 rings (SSSR count). The zero-order valence-electron chi connectivity index (χ0n) is 10.7. The summed E-state index contributed by atoms with van der Waals surface area (Å²) in [6.45, 7) is 5.54. The van der Waals surface area contributed by atoms with Gasteiger partial charge >= 0.3 is 0 Å². The van der Waals surface area contributed by atoms with Gasteiger partial charge in [-0.2, -0.15) is 0 Å². The zero-order chi connectivity index (χ0) is 12.1. The van der Waals surface area contributed by atoms with Crippen LogP contribution in [0, 0.1) is 0 Å². The van der Waals surface area contributed by atoms with Crippen LogP contribution in [0.15, 0.2) is 18.2 Å². The first-order valence-electron chi connectivity index (χ1n) is 6.13. The summed E-state index contributed by atoms with van der Waals surface area (Å²) >= 11 is 11.8. The Labute approximate surface area is 137 Å². The Kier molecular flexibility index (Phi) is 10.2. The van der Waals surface area contributed by atoms with E-state index in [1.54, 1.807) is 0 Å². The molecular weight excluding hydrogens is 326 g/mol. The summed E-state index contributed by atoms with van der Waals surface area (Å²) < 4.78 is 0. The van der Waals surface area contributed by atoms with E-state index in [2.05, 4.69) is 10.2 Å². The van der Waals surface area contributed by atoms with Crippen molar-refractivity contribution in [2.45, 2.75) is 19.4 Å². The third-order valence-corrected chi connectivity index (χ3v) is 3.86. The van der Waals surface area contributed by atoms with E-state index < -0.39 is 0 Å². The highest BCUT2D eigenvalue weighted by molar-refractivity contribution is 6.42. The summed E-state index contributed by atoms with van der Waals surface area (Å²) in [5.41, 5.74) is 1.18. The van der Waals surface area contributed by atoms with E-state index in [0.29, 0.717) is 10.0 Å². The maximum absolute atomic E-state index is 5.96. The third kappa shape index (κ3) is 6.52. The lowest BCUT2D eigenvalue weighted by atomic mass is 10.2. The van der Waals surface area contributed by atoms with Crippen LogP contribution in [0.3, 0.4) is 0 Å². The van der Waals surface area contributed by atoms with Gasteiger partial charge in [0.2, 0.25) is 0 Å². The number of nitrogens with one attached hydrogen (secondary N) is 1. The minimum atomic E-state index is 0. The van der Waals surface area contributed by atoms with Gasteiger partial charge in [0.1, 0.15) is 0 Å². The Morgan fingerprint density at radius 2 is 1.74 bits per heavy atom. The van der Waals surface area contributed by atoms with Gasteiger partial charge in [-0.25, -0.2) is 0 Å². The van der Waals surface area contributed by atoms with Gasteiger partial charge in [0.05, 0.1) is 10.0 Å². The minimum Gasteiger partial charge on any atom is -0.311 e. The molecule has 0 unspecified atom stereocenters. The van der Waals surface area contributed by atoms with Crippen molar-refractivity contribution in [1.29, 1.82) is 0 Å². The van der Waals surface area contributed by atoms with Gasteiger partial charge in [0, 0.05) is 19.6 Å². The molecule has 1 aliphatic heterocycles. The molecule has 1 aliphatic rings. The summed E-state index contributed by atoms with van der Waals surface area (Å²) in [7, 11) is 0. The largest absolute Gasteiger partial charge is 0.311 e. The fraction of sp³-hybridized carbons (Fsp3) is 0.538. The van der Waals surface area contributed by atoms with Crippen LogP contribution < -0.4 is 5.32 Å². The van der Waals surface area contributed by atoms with Crippen LogP contribution in [0.2, 0.25) is 10.0 Å². The van der Waals surface area contributed by atoms with Gasteiger partial charge in [0.15, 0.2) is 0 Å². The van der Waals surface area contributed by atoms with E-state index in [4.69, 9.17) is 23.2 Å². The second-order valence-corrected chi connectivity index (χ2v) is 5.29. The fourth-order valence-electron chi connectivity index (χ4n) is 2.13. The molecule has 110 valence electrons. The van der Waals surface area contributed by atoms with Gasteiger partial charge in [-0.1, -0.05) is 29.3 Å². The van der Waals surface area contributed by atoms with Crippen molar-refractivity contribution in [2.75, 3.05) is 26.2 Å². The summed E-state index contributed by atoms with van der Waals surface area (Å²) in [4.78, 5) is 2.50. The standard InChI is InChI=1S/C13H18Cl2N2.2ClH/c14-12-4-3-11(9-13(12)15)10-16-5-8-17-6-1-2-7-17;;/h3-4,9,16H,1-2,5-8,10H2;2*1H. The number of benzene rings is 1. The van der Waals surface area contributed by atoms with E-state index in [1.807, 2.05) is 18.2 Å². The fourth-order valence-corrected chi connectivity index (χ4v) is 2.45. The maximum atomic E-state index is 5.96. The summed E-state index contributed by atoms with van der Waals surface area (Å²) in [5.74, 6) is 0. The molecule has 2 nitrogen and oxygen atoms in total. The number of nitrogens with zero attached hydrogens (tertiary/aromatic N) is 1. The van der Waals surface area contributed by atoms with Gasteiger partial charge in [0.25, 0.3) is 0 Å². The molecule has 1 heterocycles. The number of hydrogen-bond donors (Lipinski definition) is 1. The number of halogens is 4. The molecule has 1 N–H and O–H groups in total. The van der Waals surface area contributed by atoms with Gasteiger partial charge in [-0.05, 0) is 43.6 Å². The molecule has 0 aromatic heterocycles. The molecule has 0 amide bonds. The molecule has 0 aliphatic carbocycles. The Morgan fingerprint density at radius 3 is 2.37 bits per heavy atom. The zero-order valence-corrected chi connectivity index (χ0v) is 13.8. The maximum Gasteiger partial charge on any atom is 0.0595 e. The Balaban J connectivity index is 0.00000162. The first-order valence-corrected chi connectivity index (χ1v) is 6.88. The molecule has 1 saturated heterocycles. The number of likely N-dealkylation sites (tertiary alicyclic amines) is 1. The van der Waals surface area contributed by atoms with Crippen LogP contribution in [0.25, 0.3) is 0 Å². The Morgan fingerprint density at radius 1 is 1.05 bits per heavy atom. The average molecular weight is 346 g/mol. The topological polar surface area (TPSA) is 15.3 Å². The van der Waals surface area contributed by atoms with Gasteiger partial charge in [-0.15, -0.1) is 24.8 Å². The lowest BCUT2D eigenvalue weighted by Gasteiger charge is -2.14. The van der Waals surface area contributed by atoms with E-state index in [0.717, 1.165) is 19.6 Å². The molecule has 0 radical (unpaired) electrons. The van der Waals surface area contributed by atoms with Crippen molar-refractivity contribution in [3.8, 4) is 0 Å². The van der Waals surface area contributed by atoms with Crippen LogP contribution in [-0.2, 0) is 6.54 Å². The minimum absolute atomic E-state index is 0. The van der Waals surface area contributed by atoms with Crippen molar-refractivity contribution in [1.82, 2.24) is 10.2 Å². The highest BCUT2D eigenvalue weighted by atomic mass is 35.5. The normalized spacial score (nSPS) is 14.8. The summed E-state index contributed by atoms with van der Waals surface area (Å²) in [6.07, 6.45) is 2.71. The molecule has 0 bridgehead atoms. The van der Waals surface area contributed by atoms with E-state index in [-0.39, 0.29) is 24.8 Å². The van der Waals surface area contributed by atoms with E-state index in [9.17, 15) is 0 Å². The monoisotopic (exact) mass is 344 g/mol. The van der Waals surface area contributed by atoms with Crippen LogP contribution in [0.1, 0.15) is 18.4 Å². The summed E-state index contributed by atoms with van der Waals surface area (Å²) in [6, 6.07) is 5.78. The van der Waals surface area contributed by atoms with Crippen molar-refractivity contribution in [3.63, 3.8) is 0 Å². The first kappa shape index (κ1) is 19.3. The summed E-state index contributed by atoms with van der Waals surface area (Å²) in [5, 5.41) is 4.68. The molecule has 0 spiro atoms. The molecule has 1 aromatic carbocycles. The number of rotatable bonds is 5. The lowest BCUT2D eigenvalue weighted by molar-refractivity contribution is 0.335. The Hall–Kier alpha value is 0.300. The SMILES string of the molecule is Cl.Cl.Clc1ccc(CNCCN2CCCC2)cc1Cl. The average Bonchev–Trinajstić information content (AvgIpc) is 2.82. The molecule has 0 saturated carbocycles. The molecule has 1 fully saturated rings. The highest BCUT2D eigenvalue weighted by Crippen LogP contribution is 2.22. The second kappa shape index (κ2) is 10.1. The Bertz CT molecular complexity index is 368. The quantitative estimate of drug-likeness (QED) is 0.810. The smallest absolute Gasteiger partial charge is 0.0595 e. The lowest BCUT2D eigenvalue weighted by Crippen LogP contribution is -2.29. The molecule has 0 atom stereocenters. The van der Waals surface area contributed by atoms with Crippen molar-refractivity contribution in [3.05, 3.63) is 33.8 Å².